The number of carbonyl (C=O) groups excluding carboxylic acids is 1. The minimum atomic E-state index is -4.75. The molecule has 2 heterocycles. The Kier molecular flexibility index (Phi) is 6.11. The van der Waals surface area contributed by atoms with Crippen LogP contribution in [0.2, 0.25) is 0 Å². The molecule has 8 nitrogen and oxygen atoms in total. The number of nitrogens with zero attached hydrogens (tertiary/aromatic N) is 2. The number of aliphatic hydroxyl groups excluding tert-OH is 1. The van der Waals surface area contributed by atoms with Gasteiger partial charge in [0.1, 0.15) is 12.2 Å². The summed E-state index contributed by atoms with van der Waals surface area (Å²) in [6.07, 6.45) is -7.67. The van der Waals surface area contributed by atoms with Crippen molar-refractivity contribution in [1.29, 1.82) is 0 Å². The monoisotopic (exact) mass is 461 g/mol. The smallest absolute Gasteiger partial charge is 0.380 e. The molecule has 4 rings (SSSR count). The molecule has 3 aromatic rings. The van der Waals surface area contributed by atoms with Gasteiger partial charge in [-0.25, -0.2) is 4.98 Å². The summed E-state index contributed by atoms with van der Waals surface area (Å²) in [5.41, 5.74) is -1.02. The van der Waals surface area contributed by atoms with Gasteiger partial charge >= 0.3 is 6.18 Å². The molecule has 11 heteroatoms. The van der Waals surface area contributed by atoms with Crippen LogP contribution in [0.1, 0.15) is 17.2 Å². The van der Waals surface area contributed by atoms with Crippen molar-refractivity contribution >= 4 is 22.4 Å². The van der Waals surface area contributed by atoms with Gasteiger partial charge in [0.05, 0.1) is 28.3 Å². The first-order valence-electron chi connectivity index (χ1n) is 9.96. The van der Waals surface area contributed by atoms with Gasteiger partial charge in [-0.15, -0.1) is 0 Å². The highest BCUT2D eigenvalue weighted by molar-refractivity contribution is 5.96. The molecule has 0 amide bonds. The van der Waals surface area contributed by atoms with Crippen LogP contribution in [0.5, 0.6) is 0 Å². The van der Waals surface area contributed by atoms with Gasteiger partial charge in [0.2, 0.25) is 0 Å². The van der Waals surface area contributed by atoms with Crippen molar-refractivity contribution < 1.29 is 32.7 Å². The molecule has 2 atom stereocenters. The number of rotatable bonds is 5. The number of benzene rings is 2. The molecule has 0 spiro atoms. The third-order valence-electron chi connectivity index (χ3n) is 5.35. The molecular weight excluding hydrogens is 443 g/mol. The maximum Gasteiger partial charge on any atom is 0.417 e. The first-order valence-corrected chi connectivity index (χ1v) is 9.96. The number of nitrogens with one attached hydrogen (secondary N) is 1. The Morgan fingerprint density at radius 1 is 1.24 bits per heavy atom. The van der Waals surface area contributed by atoms with E-state index in [1.807, 2.05) is 0 Å². The van der Waals surface area contributed by atoms with E-state index in [9.17, 15) is 33.2 Å². The molecule has 2 N–H and O–H groups in total. The fourth-order valence-corrected chi connectivity index (χ4v) is 3.75. The quantitative estimate of drug-likeness (QED) is 0.442. The van der Waals surface area contributed by atoms with E-state index in [0.29, 0.717) is 12.1 Å². The standard InChI is InChI=1S/C22H18F3N3O5/c23-22(24,25)15-2-1-3-16-19(15)14(20(29)21(30)18-11-26-8-9-33-18)10-17(27-16)12-4-6-13(7-5-12)28(31)32/h1-7,10,18,20,26,29H,8-9,11H2. The molecule has 2 unspecified atom stereocenters. The zero-order chi connectivity index (χ0) is 23.8. The van der Waals surface area contributed by atoms with Crippen LogP contribution in [-0.4, -0.2) is 46.6 Å². The summed E-state index contributed by atoms with van der Waals surface area (Å²) >= 11 is 0. The summed E-state index contributed by atoms with van der Waals surface area (Å²) in [5.74, 6) is -0.777. The van der Waals surface area contributed by atoms with Gasteiger partial charge < -0.3 is 15.2 Å². The van der Waals surface area contributed by atoms with E-state index in [4.69, 9.17) is 4.74 Å². The topological polar surface area (TPSA) is 115 Å². The van der Waals surface area contributed by atoms with E-state index in [1.165, 1.54) is 42.5 Å². The van der Waals surface area contributed by atoms with Crippen LogP contribution in [0.4, 0.5) is 18.9 Å². The van der Waals surface area contributed by atoms with Crippen LogP contribution >= 0.6 is 0 Å². The lowest BCUT2D eigenvalue weighted by atomic mass is 9.93. The highest BCUT2D eigenvalue weighted by Crippen LogP contribution is 2.39. The van der Waals surface area contributed by atoms with Crippen LogP contribution < -0.4 is 5.32 Å². The number of pyridine rings is 1. The second-order valence-electron chi connectivity index (χ2n) is 7.47. The van der Waals surface area contributed by atoms with Gasteiger partial charge in [-0.3, -0.25) is 14.9 Å². The highest BCUT2D eigenvalue weighted by Gasteiger charge is 2.37. The summed E-state index contributed by atoms with van der Waals surface area (Å²) < 4.78 is 46.7. The van der Waals surface area contributed by atoms with Gasteiger partial charge in [-0.2, -0.15) is 13.2 Å². The number of alkyl halides is 3. The largest absolute Gasteiger partial charge is 0.417 e. The Bertz CT molecular complexity index is 1210. The fourth-order valence-electron chi connectivity index (χ4n) is 3.75. The molecule has 0 bridgehead atoms. The van der Waals surface area contributed by atoms with Crippen molar-refractivity contribution in [3.05, 3.63) is 69.8 Å². The normalized spacial score (nSPS) is 17.6. The average molecular weight is 461 g/mol. The van der Waals surface area contributed by atoms with E-state index in [1.54, 1.807) is 0 Å². The Labute approximate surface area is 185 Å². The molecule has 1 fully saturated rings. The number of aliphatic hydroxyl groups is 1. The molecule has 1 aliphatic rings. The van der Waals surface area contributed by atoms with Crippen molar-refractivity contribution in [2.24, 2.45) is 0 Å². The van der Waals surface area contributed by atoms with Crippen LogP contribution in [-0.2, 0) is 15.7 Å². The second-order valence-corrected chi connectivity index (χ2v) is 7.47. The molecule has 1 aliphatic heterocycles. The number of morpholine rings is 1. The molecule has 1 saturated heterocycles. The van der Waals surface area contributed by atoms with Gasteiger partial charge in [-0.1, -0.05) is 6.07 Å². The van der Waals surface area contributed by atoms with Gasteiger partial charge in [0.15, 0.2) is 5.78 Å². The number of hydrogen-bond donors (Lipinski definition) is 2. The molecule has 0 radical (unpaired) electrons. The maximum absolute atomic E-state index is 13.8. The first-order chi connectivity index (χ1) is 15.7. The van der Waals surface area contributed by atoms with Crippen molar-refractivity contribution in [2.75, 3.05) is 19.7 Å². The van der Waals surface area contributed by atoms with E-state index in [0.717, 1.165) is 6.07 Å². The minimum absolute atomic E-state index is 0.0785. The number of fused-ring (bicyclic) bond motifs is 1. The van der Waals surface area contributed by atoms with Gasteiger partial charge in [0, 0.05) is 41.7 Å². The lowest BCUT2D eigenvalue weighted by Gasteiger charge is -2.25. The number of halogens is 3. The van der Waals surface area contributed by atoms with Crippen LogP contribution in [0, 0.1) is 10.1 Å². The number of non-ortho nitro benzene ring substituents is 1. The number of carbonyl (C=O) groups is 1. The van der Waals surface area contributed by atoms with Crippen LogP contribution in [0.15, 0.2) is 48.5 Å². The summed E-state index contributed by atoms with van der Waals surface area (Å²) in [6.45, 7) is 0.864. The molecule has 172 valence electrons. The highest BCUT2D eigenvalue weighted by atomic mass is 19.4. The number of nitro groups is 1. The summed E-state index contributed by atoms with van der Waals surface area (Å²) in [5, 5.41) is 24.3. The minimum Gasteiger partial charge on any atom is -0.380 e. The van der Waals surface area contributed by atoms with Crippen molar-refractivity contribution in [2.45, 2.75) is 18.4 Å². The summed E-state index contributed by atoms with van der Waals surface area (Å²) in [4.78, 5) is 27.5. The molecular formula is C22H18F3N3O5. The van der Waals surface area contributed by atoms with Crippen LogP contribution in [0.25, 0.3) is 22.2 Å². The Morgan fingerprint density at radius 2 is 1.97 bits per heavy atom. The van der Waals surface area contributed by atoms with Gasteiger partial charge in [-0.05, 0) is 30.3 Å². The van der Waals surface area contributed by atoms with Crippen molar-refractivity contribution in [1.82, 2.24) is 10.3 Å². The maximum atomic E-state index is 13.8. The molecule has 1 aromatic heterocycles. The number of hydrogen-bond acceptors (Lipinski definition) is 7. The van der Waals surface area contributed by atoms with E-state index >= 15 is 0 Å². The van der Waals surface area contributed by atoms with Crippen molar-refractivity contribution in [3.63, 3.8) is 0 Å². The van der Waals surface area contributed by atoms with Crippen molar-refractivity contribution in [3.8, 4) is 11.3 Å². The number of Topliss-reactive ketones (excluding diaryl/α,β-unsaturated/α-hetero) is 1. The summed E-state index contributed by atoms with van der Waals surface area (Å²) in [7, 11) is 0. The van der Waals surface area contributed by atoms with Crippen LogP contribution in [0.3, 0.4) is 0 Å². The van der Waals surface area contributed by atoms with E-state index < -0.39 is 34.7 Å². The second kappa shape index (κ2) is 8.85. The number of aromatic nitrogens is 1. The SMILES string of the molecule is O=C(C1CNCCO1)C(O)c1cc(-c2ccc([N+](=O)[O-])cc2)nc2cccc(C(F)(F)F)c12. The lowest BCUT2D eigenvalue weighted by molar-refractivity contribution is -0.384. The molecule has 0 aliphatic carbocycles. The Morgan fingerprint density at radius 3 is 2.58 bits per heavy atom. The van der Waals surface area contributed by atoms with E-state index in [-0.39, 0.29) is 41.0 Å². The lowest BCUT2D eigenvalue weighted by Crippen LogP contribution is -2.44. The number of nitro benzene ring substituents is 1. The Hall–Kier alpha value is -3.41. The fraction of sp³-hybridized carbons (Fsp3) is 0.273. The zero-order valence-corrected chi connectivity index (χ0v) is 17.0. The summed E-state index contributed by atoms with van der Waals surface area (Å²) in [6, 6.07) is 9.85. The van der Waals surface area contributed by atoms with E-state index in [2.05, 4.69) is 10.3 Å². The van der Waals surface area contributed by atoms with Gasteiger partial charge in [0.25, 0.3) is 5.69 Å². The number of ether oxygens (including phenoxy) is 1. The predicted molar refractivity (Wildman–Crippen MR) is 111 cm³/mol. The average Bonchev–Trinajstić information content (AvgIpc) is 2.82. The predicted octanol–water partition coefficient (Wildman–Crippen LogP) is 3.42. The number of ketones is 1. The molecule has 2 aromatic carbocycles. The zero-order valence-electron chi connectivity index (χ0n) is 17.0. The third-order valence-corrected chi connectivity index (χ3v) is 5.35. The Balaban J connectivity index is 1.89. The first kappa shape index (κ1) is 22.8. The third kappa shape index (κ3) is 4.56. The molecule has 0 saturated carbocycles. The molecule has 33 heavy (non-hydrogen) atoms.